The van der Waals surface area contributed by atoms with Gasteiger partial charge < -0.3 is 26.8 Å². The zero-order valence-electron chi connectivity index (χ0n) is 20.4. The lowest BCUT2D eigenvalue weighted by Crippen LogP contribution is -2.59. The highest BCUT2D eigenvalue weighted by Gasteiger charge is 2.33. The molecular formula is C22H42N4O5S. The monoisotopic (exact) mass is 474 g/mol. The number of hydrogen-bond acceptors (Lipinski definition) is 6. The molecule has 0 bridgehead atoms. The summed E-state index contributed by atoms with van der Waals surface area (Å²) in [5, 5.41) is 17.4. The van der Waals surface area contributed by atoms with Crippen molar-refractivity contribution in [3.8, 4) is 0 Å². The minimum atomic E-state index is -1.12. The van der Waals surface area contributed by atoms with Gasteiger partial charge in [-0.3, -0.25) is 14.4 Å². The van der Waals surface area contributed by atoms with Crippen LogP contribution in [0, 0.1) is 17.8 Å². The summed E-state index contributed by atoms with van der Waals surface area (Å²) in [6.07, 6.45) is 3.58. The summed E-state index contributed by atoms with van der Waals surface area (Å²) in [5.41, 5.74) is 6.00. The van der Waals surface area contributed by atoms with Gasteiger partial charge in [-0.2, -0.15) is 11.8 Å². The number of nitrogens with one attached hydrogen (secondary N) is 3. The molecular weight excluding hydrogens is 432 g/mol. The molecule has 0 aromatic carbocycles. The van der Waals surface area contributed by atoms with Crippen LogP contribution in [-0.4, -0.2) is 65.0 Å². The van der Waals surface area contributed by atoms with Crippen molar-refractivity contribution in [1.29, 1.82) is 0 Å². The molecule has 0 fully saturated rings. The molecule has 0 aromatic rings. The molecule has 0 spiro atoms. The van der Waals surface area contributed by atoms with Gasteiger partial charge in [0.05, 0.1) is 6.04 Å². The van der Waals surface area contributed by atoms with Gasteiger partial charge in [0, 0.05) is 0 Å². The highest BCUT2D eigenvalue weighted by Crippen LogP contribution is 2.11. The molecule has 0 aliphatic rings. The maximum Gasteiger partial charge on any atom is 0.326 e. The van der Waals surface area contributed by atoms with Crippen molar-refractivity contribution in [3.05, 3.63) is 0 Å². The quantitative estimate of drug-likeness (QED) is 0.240. The molecule has 6 unspecified atom stereocenters. The fraction of sp³-hybridized carbons (Fsp3) is 0.818. The van der Waals surface area contributed by atoms with Crippen molar-refractivity contribution >= 4 is 35.5 Å². The van der Waals surface area contributed by atoms with Gasteiger partial charge in [0.25, 0.3) is 0 Å². The summed E-state index contributed by atoms with van der Waals surface area (Å²) in [4.78, 5) is 50.0. The molecule has 0 saturated heterocycles. The van der Waals surface area contributed by atoms with Gasteiger partial charge in [-0.1, -0.05) is 54.4 Å². The van der Waals surface area contributed by atoms with E-state index >= 15 is 0 Å². The Bertz CT molecular complexity index is 631. The normalized spacial score (nSPS) is 16.9. The van der Waals surface area contributed by atoms with Crippen LogP contribution in [0.3, 0.4) is 0 Å². The fourth-order valence-electron chi connectivity index (χ4n) is 3.00. The molecule has 6 atom stereocenters. The van der Waals surface area contributed by atoms with Crippen LogP contribution in [0.15, 0.2) is 0 Å². The van der Waals surface area contributed by atoms with E-state index in [1.54, 1.807) is 20.8 Å². The van der Waals surface area contributed by atoms with Crippen molar-refractivity contribution in [2.45, 2.75) is 85.0 Å². The van der Waals surface area contributed by atoms with Crippen LogP contribution in [0.1, 0.15) is 60.8 Å². The van der Waals surface area contributed by atoms with Crippen LogP contribution in [0.2, 0.25) is 0 Å². The minimum absolute atomic E-state index is 0.0399. The Labute approximate surface area is 196 Å². The Hall–Kier alpha value is -1.81. The highest BCUT2D eigenvalue weighted by molar-refractivity contribution is 7.98. The van der Waals surface area contributed by atoms with Crippen LogP contribution in [0.25, 0.3) is 0 Å². The predicted molar refractivity (Wildman–Crippen MR) is 128 cm³/mol. The van der Waals surface area contributed by atoms with Crippen LogP contribution < -0.4 is 21.7 Å². The van der Waals surface area contributed by atoms with Crippen molar-refractivity contribution in [2.75, 3.05) is 12.0 Å². The third-order valence-electron chi connectivity index (χ3n) is 5.83. The summed E-state index contributed by atoms with van der Waals surface area (Å²) < 4.78 is 0. The average molecular weight is 475 g/mol. The molecule has 10 heteroatoms. The summed E-state index contributed by atoms with van der Waals surface area (Å²) in [7, 11) is 0. The van der Waals surface area contributed by atoms with Crippen LogP contribution in [-0.2, 0) is 19.2 Å². The number of carbonyl (C=O) groups is 4. The summed E-state index contributed by atoms with van der Waals surface area (Å²) >= 11 is 1.54. The topological polar surface area (TPSA) is 151 Å². The third-order valence-corrected chi connectivity index (χ3v) is 6.47. The SMILES string of the molecule is CCC(C)C(N)C(=O)NC(CCSC)C(=O)NC(C(=O)NC(C(=O)O)C(C)CC)C(C)C. The number of hydrogen-bond donors (Lipinski definition) is 5. The number of carbonyl (C=O) groups excluding carboxylic acids is 3. The Kier molecular flexibility index (Phi) is 14.2. The first-order chi connectivity index (χ1) is 14.9. The molecule has 32 heavy (non-hydrogen) atoms. The first-order valence-corrected chi connectivity index (χ1v) is 12.7. The molecule has 0 saturated carbocycles. The highest BCUT2D eigenvalue weighted by atomic mass is 32.2. The van der Waals surface area contributed by atoms with Crippen LogP contribution in [0.5, 0.6) is 0 Å². The molecule has 0 rings (SSSR count). The summed E-state index contributed by atoms with van der Waals surface area (Å²) in [6, 6.07) is -3.57. The Morgan fingerprint density at radius 2 is 1.38 bits per heavy atom. The standard InChI is InChI=1S/C22H42N4O5S/c1-8-13(5)16(23)20(28)24-15(10-11-32-7)19(27)25-17(12(3)4)21(29)26-18(22(30)31)14(6)9-2/h12-18H,8-11,23H2,1-7H3,(H,24,28)(H,25,27)(H,26,29)(H,30,31). The van der Waals surface area contributed by atoms with Gasteiger partial charge in [-0.25, -0.2) is 4.79 Å². The molecule has 0 aliphatic heterocycles. The van der Waals surface area contributed by atoms with E-state index in [1.165, 1.54) is 11.8 Å². The lowest BCUT2D eigenvalue weighted by Gasteiger charge is -2.28. The Balaban J connectivity index is 5.45. The van der Waals surface area contributed by atoms with Gasteiger partial charge in [-0.05, 0) is 36.2 Å². The van der Waals surface area contributed by atoms with Gasteiger partial charge in [0.1, 0.15) is 18.1 Å². The van der Waals surface area contributed by atoms with Crippen molar-refractivity contribution in [1.82, 2.24) is 16.0 Å². The van der Waals surface area contributed by atoms with E-state index in [-0.39, 0.29) is 17.8 Å². The van der Waals surface area contributed by atoms with E-state index < -0.39 is 47.9 Å². The second-order valence-corrected chi connectivity index (χ2v) is 9.68. The summed E-state index contributed by atoms with van der Waals surface area (Å²) in [6.45, 7) is 10.9. The minimum Gasteiger partial charge on any atom is -0.480 e. The van der Waals surface area contributed by atoms with Crippen molar-refractivity contribution in [3.63, 3.8) is 0 Å². The largest absolute Gasteiger partial charge is 0.480 e. The Morgan fingerprint density at radius 3 is 1.81 bits per heavy atom. The lowest BCUT2D eigenvalue weighted by atomic mass is 9.97. The number of carboxylic acid groups (broad SMARTS) is 1. The van der Waals surface area contributed by atoms with E-state index in [0.717, 1.165) is 6.42 Å². The third kappa shape index (κ3) is 9.77. The van der Waals surface area contributed by atoms with Crippen LogP contribution in [0.4, 0.5) is 0 Å². The smallest absolute Gasteiger partial charge is 0.326 e. The molecule has 3 amide bonds. The number of thioether (sulfide) groups is 1. The molecule has 9 nitrogen and oxygen atoms in total. The number of rotatable bonds is 15. The van der Waals surface area contributed by atoms with E-state index in [0.29, 0.717) is 18.6 Å². The molecule has 0 aliphatic carbocycles. The Morgan fingerprint density at radius 1 is 0.844 bits per heavy atom. The number of amides is 3. The predicted octanol–water partition coefficient (Wildman–Crippen LogP) is 1.35. The number of carboxylic acids is 1. The summed E-state index contributed by atoms with van der Waals surface area (Å²) in [5.74, 6) is -2.55. The van der Waals surface area contributed by atoms with E-state index in [2.05, 4.69) is 16.0 Å². The van der Waals surface area contributed by atoms with Gasteiger partial charge in [0.15, 0.2) is 0 Å². The van der Waals surface area contributed by atoms with Gasteiger partial charge in [-0.15, -0.1) is 0 Å². The fourth-order valence-corrected chi connectivity index (χ4v) is 3.47. The lowest BCUT2D eigenvalue weighted by molar-refractivity contribution is -0.144. The second kappa shape index (κ2) is 15.1. The zero-order valence-corrected chi connectivity index (χ0v) is 21.3. The van der Waals surface area contributed by atoms with E-state index in [9.17, 15) is 24.3 Å². The number of aliphatic carboxylic acids is 1. The molecule has 0 radical (unpaired) electrons. The molecule has 6 N–H and O–H groups in total. The molecule has 0 heterocycles. The van der Waals surface area contributed by atoms with Crippen molar-refractivity contribution < 1.29 is 24.3 Å². The molecule has 186 valence electrons. The maximum absolute atomic E-state index is 13.0. The maximum atomic E-state index is 13.0. The average Bonchev–Trinajstić information content (AvgIpc) is 2.75. The van der Waals surface area contributed by atoms with E-state index in [4.69, 9.17) is 5.73 Å². The number of nitrogens with two attached hydrogens (primary N) is 1. The second-order valence-electron chi connectivity index (χ2n) is 8.69. The first kappa shape index (κ1) is 30.2. The van der Waals surface area contributed by atoms with Gasteiger partial charge >= 0.3 is 5.97 Å². The van der Waals surface area contributed by atoms with E-state index in [1.807, 2.05) is 27.0 Å². The van der Waals surface area contributed by atoms with Crippen molar-refractivity contribution in [2.24, 2.45) is 23.5 Å². The zero-order chi connectivity index (χ0) is 25.0. The van der Waals surface area contributed by atoms with Gasteiger partial charge in [0.2, 0.25) is 17.7 Å². The molecule has 0 aromatic heterocycles. The first-order valence-electron chi connectivity index (χ1n) is 11.3. The van der Waals surface area contributed by atoms with Crippen LogP contribution >= 0.6 is 11.8 Å².